The van der Waals surface area contributed by atoms with Crippen molar-refractivity contribution in [3.63, 3.8) is 0 Å². The van der Waals surface area contributed by atoms with E-state index >= 15 is 0 Å². The molecule has 2 aromatic carbocycles. The van der Waals surface area contributed by atoms with Gasteiger partial charge < -0.3 is 0 Å². The normalized spacial score (nSPS) is 15.4. The summed E-state index contributed by atoms with van der Waals surface area (Å²) in [6.45, 7) is 3.03. The fourth-order valence-electron chi connectivity index (χ4n) is 2.86. The maximum atomic E-state index is 12.6. The Labute approximate surface area is 153 Å². The van der Waals surface area contributed by atoms with E-state index in [0.29, 0.717) is 13.1 Å². The van der Waals surface area contributed by atoms with E-state index in [1.165, 1.54) is 16.4 Å². The van der Waals surface area contributed by atoms with Gasteiger partial charge >= 0.3 is 0 Å². The number of hydrogen-bond donors (Lipinski definition) is 1. The monoisotopic (exact) mass is 371 g/mol. The minimum absolute atomic E-state index is 0.134. The van der Waals surface area contributed by atoms with E-state index in [0.717, 1.165) is 24.0 Å². The second-order valence-corrected chi connectivity index (χ2v) is 8.19. The first kappa shape index (κ1) is 18.3. The van der Waals surface area contributed by atoms with Crippen LogP contribution in [0.2, 0.25) is 0 Å². The van der Waals surface area contributed by atoms with E-state index in [1.807, 2.05) is 31.2 Å². The van der Waals surface area contributed by atoms with Crippen molar-refractivity contribution < 1.29 is 13.2 Å². The molecule has 0 saturated carbocycles. The van der Waals surface area contributed by atoms with E-state index in [4.69, 9.17) is 0 Å². The molecule has 0 atom stereocenters. The third-order valence-electron chi connectivity index (χ3n) is 4.22. The van der Waals surface area contributed by atoms with Crippen LogP contribution in [0.15, 0.2) is 58.5 Å². The first-order valence-corrected chi connectivity index (χ1v) is 9.91. The number of nitrogens with one attached hydrogen (secondary N) is 1. The molecule has 6 nitrogen and oxygen atoms in total. The van der Waals surface area contributed by atoms with Crippen LogP contribution >= 0.6 is 0 Å². The van der Waals surface area contributed by atoms with Gasteiger partial charge in [0.2, 0.25) is 10.0 Å². The molecule has 1 saturated heterocycles. The van der Waals surface area contributed by atoms with Crippen molar-refractivity contribution in [2.45, 2.75) is 24.7 Å². The van der Waals surface area contributed by atoms with Gasteiger partial charge in [0, 0.05) is 18.7 Å². The van der Waals surface area contributed by atoms with Gasteiger partial charge in [0.15, 0.2) is 0 Å². The zero-order chi connectivity index (χ0) is 18.6. The molecule has 26 heavy (non-hydrogen) atoms. The number of amides is 1. The molecule has 0 spiro atoms. The number of benzene rings is 2. The van der Waals surface area contributed by atoms with Gasteiger partial charge in [-0.1, -0.05) is 35.9 Å². The van der Waals surface area contributed by atoms with Crippen molar-refractivity contribution in [2.24, 2.45) is 5.10 Å². The molecule has 1 N–H and O–H groups in total. The minimum atomic E-state index is -3.55. The molecule has 0 unspecified atom stereocenters. The molecule has 1 fully saturated rings. The highest BCUT2D eigenvalue weighted by molar-refractivity contribution is 7.89. The number of aryl methyl sites for hydroxylation is 1. The second kappa shape index (κ2) is 7.80. The van der Waals surface area contributed by atoms with Crippen molar-refractivity contribution in [3.8, 4) is 0 Å². The first-order chi connectivity index (χ1) is 12.5. The van der Waals surface area contributed by atoms with Gasteiger partial charge in [-0.2, -0.15) is 9.41 Å². The molecule has 0 bridgehead atoms. The predicted molar refractivity (Wildman–Crippen MR) is 101 cm³/mol. The lowest BCUT2D eigenvalue weighted by molar-refractivity contribution is 0.0955. The maximum Gasteiger partial charge on any atom is 0.271 e. The van der Waals surface area contributed by atoms with E-state index in [2.05, 4.69) is 10.5 Å². The number of carbonyl (C=O) groups is 1. The third kappa shape index (κ3) is 4.17. The van der Waals surface area contributed by atoms with Crippen LogP contribution in [-0.4, -0.2) is 37.9 Å². The topological polar surface area (TPSA) is 78.8 Å². The van der Waals surface area contributed by atoms with Crippen LogP contribution in [0.5, 0.6) is 0 Å². The maximum absolute atomic E-state index is 12.6. The lowest BCUT2D eigenvalue weighted by Gasteiger charge is -2.15. The van der Waals surface area contributed by atoms with E-state index < -0.39 is 15.9 Å². The van der Waals surface area contributed by atoms with Crippen LogP contribution in [-0.2, 0) is 10.0 Å². The molecule has 1 heterocycles. The van der Waals surface area contributed by atoms with Gasteiger partial charge in [0.25, 0.3) is 5.91 Å². The minimum Gasteiger partial charge on any atom is -0.267 e. The zero-order valence-electron chi connectivity index (χ0n) is 14.6. The number of rotatable bonds is 5. The zero-order valence-corrected chi connectivity index (χ0v) is 15.4. The standard InChI is InChI=1S/C19H21N3O3S/c1-15-6-4-7-16(12-15)14-20-21-19(23)17-8-5-9-18(13-17)26(24,25)22-10-2-3-11-22/h4-9,12-14H,2-3,10-11H2,1H3,(H,21,23). The quantitative estimate of drug-likeness (QED) is 0.648. The molecular weight excluding hydrogens is 350 g/mol. The number of hydrogen-bond acceptors (Lipinski definition) is 4. The van der Waals surface area contributed by atoms with Crippen molar-refractivity contribution >= 4 is 22.1 Å². The molecule has 0 radical (unpaired) electrons. The molecule has 3 rings (SSSR count). The molecule has 136 valence electrons. The summed E-state index contributed by atoms with van der Waals surface area (Å²) in [4.78, 5) is 12.4. The van der Waals surface area contributed by atoms with Crippen molar-refractivity contribution in [1.29, 1.82) is 0 Å². The molecule has 0 aromatic heterocycles. The summed E-state index contributed by atoms with van der Waals surface area (Å²) >= 11 is 0. The highest BCUT2D eigenvalue weighted by Crippen LogP contribution is 2.21. The number of carbonyl (C=O) groups excluding carboxylic acids is 1. The molecule has 1 aliphatic heterocycles. The summed E-state index contributed by atoms with van der Waals surface area (Å²) in [6.07, 6.45) is 3.29. The van der Waals surface area contributed by atoms with Crippen LogP contribution < -0.4 is 5.43 Å². The average molecular weight is 371 g/mol. The molecule has 2 aromatic rings. The van der Waals surface area contributed by atoms with Crippen molar-refractivity contribution in [1.82, 2.24) is 9.73 Å². The van der Waals surface area contributed by atoms with Gasteiger partial charge in [-0.15, -0.1) is 0 Å². The van der Waals surface area contributed by atoms with Crippen molar-refractivity contribution in [2.75, 3.05) is 13.1 Å². The smallest absolute Gasteiger partial charge is 0.267 e. The predicted octanol–water partition coefficient (Wildman–Crippen LogP) is 2.54. The summed E-state index contributed by atoms with van der Waals surface area (Å²) in [5.41, 5.74) is 4.66. The SMILES string of the molecule is Cc1cccc(C=NNC(=O)c2cccc(S(=O)(=O)N3CCCC3)c2)c1. The summed E-state index contributed by atoms with van der Waals surface area (Å²) in [5, 5.41) is 3.94. The Morgan fingerprint density at radius 1 is 1.12 bits per heavy atom. The highest BCUT2D eigenvalue weighted by atomic mass is 32.2. The summed E-state index contributed by atoms with van der Waals surface area (Å²) < 4.78 is 26.7. The lowest BCUT2D eigenvalue weighted by Crippen LogP contribution is -2.28. The molecular formula is C19H21N3O3S. The van der Waals surface area contributed by atoms with Gasteiger partial charge in [-0.25, -0.2) is 13.8 Å². The van der Waals surface area contributed by atoms with Gasteiger partial charge in [0.1, 0.15) is 0 Å². The van der Waals surface area contributed by atoms with Crippen molar-refractivity contribution in [3.05, 3.63) is 65.2 Å². The number of nitrogens with zero attached hydrogens (tertiary/aromatic N) is 2. The fourth-order valence-corrected chi connectivity index (χ4v) is 4.42. The van der Waals surface area contributed by atoms with Crippen LogP contribution in [0.3, 0.4) is 0 Å². The van der Waals surface area contributed by atoms with Gasteiger partial charge in [-0.3, -0.25) is 4.79 Å². The first-order valence-electron chi connectivity index (χ1n) is 8.47. The molecule has 7 heteroatoms. The Hall–Kier alpha value is -2.51. The summed E-state index contributed by atoms with van der Waals surface area (Å²) in [6, 6.07) is 13.8. The summed E-state index contributed by atoms with van der Waals surface area (Å²) in [7, 11) is -3.55. The lowest BCUT2D eigenvalue weighted by atomic mass is 10.2. The van der Waals surface area contributed by atoms with Gasteiger partial charge in [0.05, 0.1) is 11.1 Å². The second-order valence-electron chi connectivity index (χ2n) is 6.25. The third-order valence-corrected chi connectivity index (χ3v) is 6.12. The van der Waals surface area contributed by atoms with Crippen LogP contribution in [0.25, 0.3) is 0 Å². The fraction of sp³-hybridized carbons (Fsp3) is 0.263. The van der Waals surface area contributed by atoms with E-state index in [9.17, 15) is 13.2 Å². The molecule has 1 aliphatic rings. The number of hydrazone groups is 1. The Morgan fingerprint density at radius 3 is 2.58 bits per heavy atom. The Balaban J connectivity index is 1.72. The Kier molecular flexibility index (Phi) is 5.49. The summed E-state index contributed by atoms with van der Waals surface area (Å²) in [5.74, 6) is -0.452. The van der Waals surface area contributed by atoms with Gasteiger partial charge in [-0.05, 0) is 43.5 Å². The average Bonchev–Trinajstić information content (AvgIpc) is 3.17. The van der Waals surface area contributed by atoms with Crippen LogP contribution in [0, 0.1) is 6.92 Å². The largest absolute Gasteiger partial charge is 0.271 e. The van der Waals surface area contributed by atoms with E-state index in [-0.39, 0.29) is 10.5 Å². The number of sulfonamides is 1. The highest BCUT2D eigenvalue weighted by Gasteiger charge is 2.27. The molecule has 0 aliphatic carbocycles. The Morgan fingerprint density at radius 2 is 1.85 bits per heavy atom. The van der Waals surface area contributed by atoms with E-state index in [1.54, 1.807) is 18.3 Å². The molecule has 1 amide bonds. The van der Waals surface area contributed by atoms with Crippen LogP contribution in [0.4, 0.5) is 0 Å². The van der Waals surface area contributed by atoms with Crippen LogP contribution in [0.1, 0.15) is 34.3 Å². The Bertz CT molecular complexity index is 933.